The van der Waals surface area contributed by atoms with E-state index in [9.17, 15) is 4.79 Å². The largest absolute Gasteiger partial charge is 0.366 e. The Hall–Kier alpha value is -1.26. The van der Waals surface area contributed by atoms with E-state index in [1.165, 1.54) is 0 Å². The predicted octanol–water partition coefficient (Wildman–Crippen LogP) is 3.72. The van der Waals surface area contributed by atoms with Crippen molar-refractivity contribution in [2.45, 2.75) is 31.3 Å². The Balaban J connectivity index is 2.60. The van der Waals surface area contributed by atoms with Crippen molar-refractivity contribution in [2.24, 2.45) is 0 Å². The minimum atomic E-state index is -0.311. The van der Waals surface area contributed by atoms with Gasteiger partial charge in [0.1, 0.15) is 6.61 Å². The van der Waals surface area contributed by atoms with E-state index in [0.717, 1.165) is 16.3 Å². The Morgan fingerprint density at radius 3 is 2.74 bits per heavy atom. The number of nitrogens with one attached hydrogen (secondary N) is 1. The highest BCUT2D eigenvalue weighted by Gasteiger charge is 2.13. The minimum absolute atomic E-state index is 0.0595. The molecule has 4 heteroatoms. The van der Waals surface area contributed by atoms with E-state index in [1.54, 1.807) is 11.8 Å². The molecule has 19 heavy (non-hydrogen) atoms. The van der Waals surface area contributed by atoms with Gasteiger partial charge in [-0.2, -0.15) is 0 Å². The van der Waals surface area contributed by atoms with Crippen LogP contribution in [0.15, 0.2) is 41.8 Å². The fraction of sp³-hybridized carbons (Fsp3) is 0.400. The number of hydrogen-bond acceptors (Lipinski definition) is 3. The van der Waals surface area contributed by atoms with Crippen molar-refractivity contribution in [1.29, 1.82) is 0 Å². The molecule has 104 valence electrons. The van der Waals surface area contributed by atoms with Crippen LogP contribution in [0.25, 0.3) is 0 Å². The van der Waals surface area contributed by atoms with Crippen molar-refractivity contribution in [2.75, 3.05) is 17.7 Å². The number of benzene rings is 1. The molecule has 0 heterocycles. The Kier molecular flexibility index (Phi) is 6.12. The van der Waals surface area contributed by atoms with Crippen LogP contribution in [0.4, 0.5) is 5.69 Å². The van der Waals surface area contributed by atoms with Crippen molar-refractivity contribution >= 4 is 23.4 Å². The second-order valence-corrected chi connectivity index (χ2v) is 6.11. The summed E-state index contributed by atoms with van der Waals surface area (Å²) in [5.74, 6) is 0.673. The number of hydrogen-bond donors (Lipinski definition) is 1. The molecule has 3 nitrogen and oxygen atoms in total. The molecule has 0 saturated heterocycles. The summed E-state index contributed by atoms with van der Waals surface area (Å²) in [5, 5.41) is 2.87. The number of carbonyl (C=O) groups excluding carboxylic acids is 1. The maximum atomic E-state index is 11.8. The Labute approximate surface area is 119 Å². The summed E-state index contributed by atoms with van der Waals surface area (Å²) in [6.07, 6.45) is 1.84. The molecule has 1 amide bonds. The first-order valence-electron chi connectivity index (χ1n) is 6.19. The van der Waals surface area contributed by atoms with Crippen LogP contribution in [0.3, 0.4) is 0 Å². The molecule has 0 radical (unpaired) electrons. The van der Waals surface area contributed by atoms with Gasteiger partial charge in [0, 0.05) is 10.6 Å². The second-order valence-electron chi connectivity index (χ2n) is 5.05. The fourth-order valence-electron chi connectivity index (χ4n) is 1.31. The molecule has 1 aromatic carbocycles. The maximum Gasteiger partial charge on any atom is 0.250 e. The van der Waals surface area contributed by atoms with Crippen molar-refractivity contribution in [3.8, 4) is 0 Å². The summed E-state index contributed by atoms with van der Waals surface area (Å²) in [6, 6.07) is 7.72. The van der Waals surface area contributed by atoms with Gasteiger partial charge in [0.25, 0.3) is 0 Å². The van der Waals surface area contributed by atoms with Crippen molar-refractivity contribution < 1.29 is 9.53 Å². The summed E-state index contributed by atoms with van der Waals surface area (Å²) in [6.45, 7) is 9.53. The molecule has 0 bridgehead atoms. The molecular weight excluding hydrogens is 258 g/mol. The Morgan fingerprint density at radius 2 is 2.11 bits per heavy atom. The molecule has 0 aliphatic carbocycles. The average molecular weight is 279 g/mol. The van der Waals surface area contributed by atoms with Crippen LogP contribution in [0.1, 0.15) is 20.8 Å². The summed E-state index contributed by atoms with van der Waals surface area (Å²) in [7, 11) is 0. The number of anilines is 1. The third-order valence-corrected chi connectivity index (χ3v) is 3.22. The monoisotopic (exact) mass is 279 g/mol. The standard InChI is InChI=1S/C15H21NO2S/c1-5-10-19-13-9-7-6-8-12(13)16-14(17)11-18-15(2,3)4/h5-9H,1,10-11H2,2-4H3,(H,16,17). The lowest BCUT2D eigenvalue weighted by atomic mass is 10.2. The molecular formula is C15H21NO2S. The number of para-hydroxylation sites is 1. The van der Waals surface area contributed by atoms with E-state index < -0.39 is 0 Å². The van der Waals surface area contributed by atoms with Crippen LogP contribution in [0, 0.1) is 0 Å². The second kappa shape index (κ2) is 7.36. The van der Waals surface area contributed by atoms with Crippen molar-refractivity contribution in [3.05, 3.63) is 36.9 Å². The van der Waals surface area contributed by atoms with Crippen LogP contribution in [-0.4, -0.2) is 23.9 Å². The molecule has 0 spiro atoms. The predicted molar refractivity (Wildman–Crippen MR) is 81.7 cm³/mol. The topological polar surface area (TPSA) is 38.3 Å². The number of ether oxygens (including phenoxy) is 1. The van der Waals surface area contributed by atoms with Crippen molar-refractivity contribution in [3.63, 3.8) is 0 Å². The first kappa shape index (κ1) is 15.8. The van der Waals surface area contributed by atoms with E-state index in [-0.39, 0.29) is 18.1 Å². The minimum Gasteiger partial charge on any atom is -0.366 e. The van der Waals surface area contributed by atoms with Gasteiger partial charge in [-0.3, -0.25) is 4.79 Å². The van der Waals surface area contributed by atoms with E-state index in [2.05, 4.69) is 11.9 Å². The zero-order valence-corrected chi connectivity index (χ0v) is 12.5. The first-order valence-corrected chi connectivity index (χ1v) is 7.17. The third kappa shape index (κ3) is 6.45. The Bertz CT molecular complexity index is 438. The molecule has 1 rings (SSSR count). The Morgan fingerprint density at radius 1 is 1.42 bits per heavy atom. The van der Waals surface area contributed by atoms with Crippen LogP contribution in [0.2, 0.25) is 0 Å². The summed E-state index contributed by atoms with van der Waals surface area (Å²) in [4.78, 5) is 12.9. The van der Waals surface area contributed by atoms with Gasteiger partial charge in [-0.25, -0.2) is 0 Å². The zero-order valence-electron chi connectivity index (χ0n) is 11.7. The molecule has 1 aromatic rings. The molecule has 0 aromatic heterocycles. The number of amides is 1. The smallest absolute Gasteiger partial charge is 0.250 e. The molecule has 0 fully saturated rings. The van der Waals surface area contributed by atoms with Gasteiger partial charge in [-0.15, -0.1) is 18.3 Å². The van der Waals surface area contributed by atoms with E-state index in [1.807, 2.05) is 51.1 Å². The molecule has 0 saturated carbocycles. The zero-order chi connectivity index (χ0) is 14.3. The van der Waals surface area contributed by atoms with Gasteiger partial charge in [0.15, 0.2) is 0 Å². The number of carbonyl (C=O) groups is 1. The van der Waals surface area contributed by atoms with Crippen LogP contribution in [0.5, 0.6) is 0 Å². The average Bonchev–Trinajstić information content (AvgIpc) is 2.34. The van der Waals surface area contributed by atoms with Crippen LogP contribution < -0.4 is 5.32 Å². The lowest BCUT2D eigenvalue weighted by molar-refractivity contribution is -0.125. The summed E-state index contributed by atoms with van der Waals surface area (Å²) >= 11 is 1.64. The van der Waals surface area contributed by atoms with E-state index >= 15 is 0 Å². The number of rotatable bonds is 6. The highest BCUT2D eigenvalue weighted by atomic mass is 32.2. The SMILES string of the molecule is C=CCSc1ccccc1NC(=O)COC(C)(C)C. The molecule has 0 aliphatic rings. The lowest BCUT2D eigenvalue weighted by Gasteiger charge is -2.19. The van der Waals surface area contributed by atoms with E-state index in [4.69, 9.17) is 4.74 Å². The summed E-state index contributed by atoms with van der Waals surface area (Å²) < 4.78 is 5.45. The van der Waals surface area contributed by atoms with Crippen molar-refractivity contribution in [1.82, 2.24) is 0 Å². The van der Waals surface area contributed by atoms with E-state index in [0.29, 0.717) is 0 Å². The summed E-state index contributed by atoms with van der Waals surface area (Å²) in [5.41, 5.74) is 0.505. The quantitative estimate of drug-likeness (QED) is 0.637. The highest BCUT2D eigenvalue weighted by molar-refractivity contribution is 7.99. The van der Waals surface area contributed by atoms with Gasteiger partial charge >= 0.3 is 0 Å². The van der Waals surface area contributed by atoms with Gasteiger partial charge in [0.2, 0.25) is 5.91 Å². The molecule has 0 unspecified atom stereocenters. The molecule has 1 N–H and O–H groups in total. The fourth-order valence-corrected chi connectivity index (χ4v) is 2.06. The molecule has 0 atom stereocenters. The van der Waals surface area contributed by atoms with Crippen LogP contribution in [-0.2, 0) is 9.53 Å². The van der Waals surface area contributed by atoms with Gasteiger partial charge < -0.3 is 10.1 Å². The maximum absolute atomic E-state index is 11.8. The normalized spacial score (nSPS) is 11.1. The van der Waals surface area contributed by atoms with Gasteiger partial charge in [-0.1, -0.05) is 18.2 Å². The third-order valence-electron chi connectivity index (χ3n) is 2.15. The first-order chi connectivity index (χ1) is 8.92. The molecule has 0 aliphatic heterocycles. The number of thioether (sulfide) groups is 1. The van der Waals surface area contributed by atoms with Gasteiger partial charge in [0.05, 0.1) is 11.3 Å². The highest BCUT2D eigenvalue weighted by Crippen LogP contribution is 2.26. The van der Waals surface area contributed by atoms with Crippen LogP contribution >= 0.6 is 11.8 Å². The van der Waals surface area contributed by atoms with Gasteiger partial charge in [-0.05, 0) is 32.9 Å². The lowest BCUT2D eigenvalue weighted by Crippen LogP contribution is -2.27.